The molecule has 0 bridgehead atoms. The van der Waals surface area contributed by atoms with E-state index in [1.54, 1.807) is 17.0 Å². The topological polar surface area (TPSA) is 40.5 Å². The van der Waals surface area contributed by atoms with E-state index in [0.717, 1.165) is 23.7 Å². The molecule has 110 valence electrons. The first kappa shape index (κ1) is 15.4. The SMILES string of the molecule is O=C(Cc1cc(Br)ccc1F)N1CCCCC1CCO. The van der Waals surface area contributed by atoms with E-state index in [2.05, 4.69) is 15.9 Å². The number of carbonyl (C=O) groups is 1. The summed E-state index contributed by atoms with van der Waals surface area (Å²) in [5.41, 5.74) is 0.415. The van der Waals surface area contributed by atoms with Gasteiger partial charge in [-0.25, -0.2) is 4.39 Å². The maximum absolute atomic E-state index is 13.7. The van der Waals surface area contributed by atoms with Crippen LogP contribution in [-0.2, 0) is 11.2 Å². The molecule has 3 nitrogen and oxygen atoms in total. The summed E-state index contributed by atoms with van der Waals surface area (Å²) in [6.45, 7) is 0.790. The Morgan fingerprint density at radius 1 is 1.45 bits per heavy atom. The second-order valence-electron chi connectivity index (χ2n) is 5.16. The number of aliphatic hydroxyl groups is 1. The third kappa shape index (κ3) is 3.79. The third-order valence-corrected chi connectivity index (χ3v) is 4.25. The first-order chi connectivity index (χ1) is 9.61. The first-order valence-corrected chi connectivity index (χ1v) is 7.75. The molecule has 0 radical (unpaired) electrons. The largest absolute Gasteiger partial charge is 0.396 e. The molecule has 5 heteroatoms. The molecule has 1 amide bonds. The van der Waals surface area contributed by atoms with Gasteiger partial charge in [-0.3, -0.25) is 4.79 Å². The van der Waals surface area contributed by atoms with Gasteiger partial charge in [-0.15, -0.1) is 0 Å². The van der Waals surface area contributed by atoms with E-state index in [0.29, 0.717) is 18.5 Å². The molecular formula is C15H19BrFNO2. The Kier molecular flexibility index (Phi) is 5.54. The molecule has 1 N–H and O–H groups in total. The van der Waals surface area contributed by atoms with Gasteiger partial charge in [0.1, 0.15) is 5.82 Å². The fraction of sp³-hybridized carbons (Fsp3) is 0.533. The van der Waals surface area contributed by atoms with Crippen LogP contribution in [0.3, 0.4) is 0 Å². The van der Waals surface area contributed by atoms with Crippen LogP contribution < -0.4 is 0 Å². The molecule has 1 aromatic carbocycles. The predicted octanol–water partition coefficient (Wildman–Crippen LogP) is 2.89. The summed E-state index contributed by atoms with van der Waals surface area (Å²) in [5.74, 6) is -0.405. The van der Waals surface area contributed by atoms with Gasteiger partial charge in [0, 0.05) is 23.7 Å². The summed E-state index contributed by atoms with van der Waals surface area (Å²) in [5, 5.41) is 9.08. The molecule has 0 spiro atoms. The number of carbonyl (C=O) groups excluding carboxylic acids is 1. The molecule has 0 saturated carbocycles. The standard InChI is InChI=1S/C15H19BrFNO2/c16-12-4-5-14(17)11(9-12)10-15(20)18-7-2-1-3-13(18)6-8-19/h4-5,9,13,19H,1-3,6-8,10H2. The van der Waals surface area contributed by atoms with Crippen molar-refractivity contribution in [2.75, 3.05) is 13.2 Å². The van der Waals surface area contributed by atoms with E-state index in [9.17, 15) is 9.18 Å². The monoisotopic (exact) mass is 343 g/mol. The van der Waals surface area contributed by atoms with Crippen LogP contribution in [0.2, 0.25) is 0 Å². The zero-order valence-corrected chi connectivity index (χ0v) is 12.9. The van der Waals surface area contributed by atoms with Crippen LogP contribution in [0.4, 0.5) is 4.39 Å². The van der Waals surface area contributed by atoms with Crippen molar-refractivity contribution >= 4 is 21.8 Å². The number of hydrogen-bond donors (Lipinski definition) is 1. The number of rotatable bonds is 4. The molecule has 1 aliphatic rings. The zero-order valence-electron chi connectivity index (χ0n) is 11.3. The summed E-state index contributed by atoms with van der Waals surface area (Å²) in [6, 6.07) is 4.74. The van der Waals surface area contributed by atoms with Crippen molar-refractivity contribution in [2.24, 2.45) is 0 Å². The predicted molar refractivity (Wildman–Crippen MR) is 78.9 cm³/mol. The Hall–Kier alpha value is -0.940. The average Bonchev–Trinajstić information content (AvgIpc) is 2.44. The van der Waals surface area contributed by atoms with Crippen LogP contribution in [-0.4, -0.2) is 35.1 Å². The molecule has 1 aromatic rings. The smallest absolute Gasteiger partial charge is 0.227 e. The number of nitrogens with zero attached hydrogens (tertiary/aromatic N) is 1. The molecular weight excluding hydrogens is 325 g/mol. The Morgan fingerprint density at radius 3 is 3.00 bits per heavy atom. The lowest BCUT2D eigenvalue weighted by Gasteiger charge is -2.35. The van der Waals surface area contributed by atoms with Gasteiger partial charge >= 0.3 is 0 Å². The number of amides is 1. The van der Waals surface area contributed by atoms with Gasteiger partial charge in [-0.1, -0.05) is 15.9 Å². The van der Waals surface area contributed by atoms with Gasteiger partial charge < -0.3 is 10.0 Å². The summed E-state index contributed by atoms with van der Waals surface area (Å²) in [6.07, 6.45) is 3.67. The van der Waals surface area contributed by atoms with Gasteiger partial charge in [0.25, 0.3) is 0 Å². The van der Waals surface area contributed by atoms with E-state index in [4.69, 9.17) is 5.11 Å². The summed E-state index contributed by atoms with van der Waals surface area (Å²) < 4.78 is 14.5. The highest BCUT2D eigenvalue weighted by molar-refractivity contribution is 9.10. The van der Waals surface area contributed by atoms with Crippen molar-refractivity contribution in [3.63, 3.8) is 0 Å². The molecule has 0 aliphatic carbocycles. The minimum Gasteiger partial charge on any atom is -0.396 e. The van der Waals surface area contributed by atoms with Gasteiger partial charge in [-0.2, -0.15) is 0 Å². The van der Waals surface area contributed by atoms with Crippen molar-refractivity contribution in [3.05, 3.63) is 34.1 Å². The van der Waals surface area contributed by atoms with Gasteiger partial charge in [0.05, 0.1) is 6.42 Å². The molecule has 1 atom stereocenters. The Labute approximate surface area is 126 Å². The Morgan fingerprint density at radius 2 is 2.25 bits per heavy atom. The highest BCUT2D eigenvalue weighted by atomic mass is 79.9. The average molecular weight is 344 g/mol. The van der Waals surface area contributed by atoms with Crippen LogP contribution in [0.25, 0.3) is 0 Å². The van der Waals surface area contributed by atoms with Crippen LogP contribution in [0.5, 0.6) is 0 Å². The van der Waals surface area contributed by atoms with E-state index < -0.39 is 0 Å². The van der Waals surface area contributed by atoms with Crippen LogP contribution in [0, 0.1) is 5.82 Å². The third-order valence-electron chi connectivity index (χ3n) is 3.76. The summed E-state index contributed by atoms with van der Waals surface area (Å²) in [7, 11) is 0. The highest BCUT2D eigenvalue weighted by Gasteiger charge is 2.26. The first-order valence-electron chi connectivity index (χ1n) is 6.96. The van der Waals surface area contributed by atoms with E-state index in [1.165, 1.54) is 6.07 Å². The highest BCUT2D eigenvalue weighted by Crippen LogP contribution is 2.22. The number of aliphatic hydroxyl groups excluding tert-OH is 1. The van der Waals surface area contributed by atoms with Gasteiger partial charge in [-0.05, 0) is 49.4 Å². The Bertz CT molecular complexity index is 479. The van der Waals surface area contributed by atoms with Crippen molar-refractivity contribution in [1.82, 2.24) is 4.90 Å². The van der Waals surface area contributed by atoms with Gasteiger partial charge in [0.2, 0.25) is 5.91 Å². The van der Waals surface area contributed by atoms with E-state index >= 15 is 0 Å². The number of likely N-dealkylation sites (tertiary alicyclic amines) is 1. The molecule has 0 aromatic heterocycles. The fourth-order valence-electron chi connectivity index (χ4n) is 2.72. The Balaban J connectivity index is 2.07. The van der Waals surface area contributed by atoms with Crippen LogP contribution in [0.1, 0.15) is 31.2 Å². The van der Waals surface area contributed by atoms with Crippen LogP contribution >= 0.6 is 15.9 Å². The van der Waals surface area contributed by atoms with Crippen molar-refractivity contribution in [1.29, 1.82) is 0 Å². The molecule has 1 aliphatic heterocycles. The minimum atomic E-state index is -0.350. The summed E-state index contributed by atoms with van der Waals surface area (Å²) in [4.78, 5) is 14.2. The fourth-order valence-corrected chi connectivity index (χ4v) is 3.13. The number of hydrogen-bond acceptors (Lipinski definition) is 2. The second-order valence-corrected chi connectivity index (χ2v) is 6.08. The van der Waals surface area contributed by atoms with Crippen molar-refractivity contribution in [2.45, 2.75) is 38.1 Å². The quantitative estimate of drug-likeness (QED) is 0.913. The number of benzene rings is 1. The molecule has 2 rings (SSSR count). The molecule has 1 fully saturated rings. The minimum absolute atomic E-state index is 0.0554. The van der Waals surface area contributed by atoms with E-state index in [-0.39, 0.29) is 30.8 Å². The van der Waals surface area contributed by atoms with Gasteiger partial charge in [0.15, 0.2) is 0 Å². The zero-order chi connectivity index (χ0) is 14.5. The van der Waals surface area contributed by atoms with Crippen molar-refractivity contribution in [3.8, 4) is 0 Å². The molecule has 1 unspecified atom stereocenters. The maximum Gasteiger partial charge on any atom is 0.227 e. The van der Waals surface area contributed by atoms with E-state index in [1.807, 2.05) is 0 Å². The lowest BCUT2D eigenvalue weighted by atomic mass is 9.98. The lowest BCUT2D eigenvalue weighted by molar-refractivity contribution is -0.134. The number of piperidine rings is 1. The van der Waals surface area contributed by atoms with Crippen LogP contribution in [0.15, 0.2) is 22.7 Å². The molecule has 20 heavy (non-hydrogen) atoms. The second kappa shape index (κ2) is 7.18. The lowest BCUT2D eigenvalue weighted by Crippen LogP contribution is -2.44. The molecule has 1 heterocycles. The summed E-state index contributed by atoms with van der Waals surface area (Å²) >= 11 is 3.29. The molecule has 1 saturated heterocycles. The number of halogens is 2. The maximum atomic E-state index is 13.7. The van der Waals surface area contributed by atoms with Crippen molar-refractivity contribution < 1.29 is 14.3 Å². The normalized spacial score (nSPS) is 19.1.